The summed E-state index contributed by atoms with van der Waals surface area (Å²) >= 11 is 2.01. The average molecular weight is 331 g/mol. The lowest BCUT2D eigenvalue weighted by atomic mass is 10.3. The molecule has 0 aliphatic carbocycles. The van der Waals surface area contributed by atoms with Gasteiger partial charge in [0, 0.05) is 3.57 Å². The summed E-state index contributed by atoms with van der Waals surface area (Å²) in [4.78, 5) is 0. The molecule has 0 spiro atoms. The molecule has 0 aromatic heterocycles. The molecule has 84 valence electrons. The Hall–Kier alpha value is -0.660. The van der Waals surface area contributed by atoms with Gasteiger partial charge in [-0.2, -0.15) is 13.2 Å². The average Bonchev–Trinajstić information content (AvgIpc) is 2.08. The van der Waals surface area contributed by atoms with E-state index in [0.717, 1.165) is 10.5 Å². The number of benzene rings is 1. The number of hydrogen-bond donors (Lipinski definition) is 1. The number of hydrogen-bond acceptors (Lipinski definition) is 2. The third kappa shape index (κ3) is 3.44. The van der Waals surface area contributed by atoms with Crippen molar-refractivity contribution in [3.05, 3.63) is 21.8 Å². The quantitative estimate of drug-likeness (QED) is 0.667. The van der Waals surface area contributed by atoms with E-state index in [0.29, 0.717) is 0 Å². The summed E-state index contributed by atoms with van der Waals surface area (Å²) in [5.74, 6) is 0.0558. The molecule has 0 saturated carbocycles. The van der Waals surface area contributed by atoms with Gasteiger partial charge in [-0.15, -0.1) is 0 Å². The molecule has 0 aliphatic heterocycles. The number of alkyl halides is 3. The molecular formula is C9H9F3INO. The normalized spacial score (nSPS) is 13.7. The first-order valence-electron chi connectivity index (χ1n) is 4.09. The van der Waals surface area contributed by atoms with E-state index in [4.69, 9.17) is 10.5 Å². The minimum atomic E-state index is -4.38. The zero-order valence-corrected chi connectivity index (χ0v) is 9.96. The van der Waals surface area contributed by atoms with Crippen LogP contribution in [0.5, 0.6) is 5.75 Å². The Morgan fingerprint density at radius 2 is 2.00 bits per heavy atom. The second-order valence-corrected chi connectivity index (χ2v) is 4.23. The van der Waals surface area contributed by atoms with Crippen LogP contribution in [0.1, 0.15) is 6.92 Å². The maximum Gasteiger partial charge on any atom is 0.425 e. The first-order valence-corrected chi connectivity index (χ1v) is 5.17. The van der Waals surface area contributed by atoms with Crippen LogP contribution in [0, 0.1) is 3.57 Å². The fourth-order valence-electron chi connectivity index (χ4n) is 0.884. The molecule has 0 aliphatic rings. The highest BCUT2D eigenvalue weighted by Gasteiger charge is 2.38. The molecule has 0 radical (unpaired) electrons. The number of anilines is 1. The topological polar surface area (TPSA) is 35.2 Å². The third-order valence-electron chi connectivity index (χ3n) is 1.74. The first-order chi connectivity index (χ1) is 6.80. The van der Waals surface area contributed by atoms with Crippen molar-refractivity contribution in [2.45, 2.75) is 19.2 Å². The largest absolute Gasteiger partial charge is 0.479 e. The van der Waals surface area contributed by atoms with Crippen molar-refractivity contribution < 1.29 is 17.9 Å². The molecular weight excluding hydrogens is 322 g/mol. The van der Waals surface area contributed by atoms with Crippen LogP contribution in [0.2, 0.25) is 0 Å². The molecule has 0 bridgehead atoms. The molecule has 0 heterocycles. The molecule has 1 atom stereocenters. The molecule has 6 heteroatoms. The molecule has 1 unspecified atom stereocenters. The van der Waals surface area contributed by atoms with Gasteiger partial charge in [-0.3, -0.25) is 0 Å². The smallest absolute Gasteiger partial charge is 0.425 e. The Bertz CT molecular complexity index is 354. The standard InChI is InChI=1S/C9H9F3INO/c1-5(9(10,11)12)15-8-3-2-6(13)4-7(8)14/h2-5H,14H2,1H3. The molecule has 0 fully saturated rings. The van der Waals surface area contributed by atoms with Crippen molar-refractivity contribution in [2.75, 3.05) is 5.73 Å². The SMILES string of the molecule is CC(Oc1ccc(I)cc1N)C(F)(F)F. The molecule has 1 aromatic carbocycles. The van der Waals surface area contributed by atoms with Crippen LogP contribution in [0.4, 0.5) is 18.9 Å². The van der Waals surface area contributed by atoms with Gasteiger partial charge >= 0.3 is 6.18 Å². The maximum absolute atomic E-state index is 12.2. The van der Waals surface area contributed by atoms with Gasteiger partial charge in [0.15, 0.2) is 6.10 Å². The van der Waals surface area contributed by atoms with Crippen molar-refractivity contribution in [3.63, 3.8) is 0 Å². The van der Waals surface area contributed by atoms with E-state index in [1.54, 1.807) is 12.1 Å². The predicted octanol–water partition coefficient (Wildman–Crippen LogP) is 3.20. The molecule has 15 heavy (non-hydrogen) atoms. The van der Waals surface area contributed by atoms with Crippen LogP contribution in [0.15, 0.2) is 18.2 Å². The van der Waals surface area contributed by atoms with Crippen LogP contribution >= 0.6 is 22.6 Å². The zero-order valence-electron chi connectivity index (χ0n) is 7.81. The lowest BCUT2D eigenvalue weighted by Gasteiger charge is -2.18. The van der Waals surface area contributed by atoms with Gasteiger partial charge in [-0.25, -0.2) is 0 Å². The lowest BCUT2D eigenvalue weighted by molar-refractivity contribution is -0.189. The van der Waals surface area contributed by atoms with Crippen molar-refractivity contribution in [2.24, 2.45) is 0 Å². The van der Waals surface area contributed by atoms with E-state index in [1.165, 1.54) is 6.07 Å². The second kappa shape index (κ2) is 4.46. The van der Waals surface area contributed by atoms with E-state index in [1.807, 2.05) is 22.6 Å². The number of rotatable bonds is 2. The molecule has 0 saturated heterocycles. The predicted molar refractivity (Wildman–Crippen MR) is 59.7 cm³/mol. The Labute approximate surface area is 98.7 Å². The van der Waals surface area contributed by atoms with E-state index in [-0.39, 0.29) is 11.4 Å². The molecule has 2 nitrogen and oxygen atoms in total. The summed E-state index contributed by atoms with van der Waals surface area (Å²) in [5, 5.41) is 0. The number of ether oxygens (including phenoxy) is 1. The highest BCUT2D eigenvalue weighted by molar-refractivity contribution is 14.1. The highest BCUT2D eigenvalue weighted by Crippen LogP contribution is 2.29. The van der Waals surface area contributed by atoms with Crippen LogP contribution in [-0.4, -0.2) is 12.3 Å². The van der Waals surface area contributed by atoms with Crippen molar-refractivity contribution >= 4 is 28.3 Å². The van der Waals surface area contributed by atoms with Gasteiger partial charge < -0.3 is 10.5 Å². The van der Waals surface area contributed by atoms with E-state index in [2.05, 4.69) is 0 Å². The molecule has 2 N–H and O–H groups in total. The van der Waals surface area contributed by atoms with E-state index in [9.17, 15) is 13.2 Å². The van der Waals surface area contributed by atoms with Gasteiger partial charge in [0.2, 0.25) is 0 Å². The van der Waals surface area contributed by atoms with Crippen molar-refractivity contribution in [1.29, 1.82) is 0 Å². The lowest BCUT2D eigenvalue weighted by Crippen LogP contribution is -2.31. The van der Waals surface area contributed by atoms with E-state index >= 15 is 0 Å². The minimum Gasteiger partial charge on any atom is -0.479 e. The van der Waals surface area contributed by atoms with Crippen LogP contribution < -0.4 is 10.5 Å². The van der Waals surface area contributed by atoms with Gasteiger partial charge in [0.1, 0.15) is 5.75 Å². The molecule has 0 amide bonds. The Balaban J connectivity index is 2.82. The van der Waals surface area contributed by atoms with Crippen LogP contribution in [0.25, 0.3) is 0 Å². The summed E-state index contributed by atoms with van der Waals surface area (Å²) in [7, 11) is 0. The Morgan fingerprint density at radius 1 is 1.40 bits per heavy atom. The van der Waals surface area contributed by atoms with Crippen molar-refractivity contribution in [1.82, 2.24) is 0 Å². The summed E-state index contributed by atoms with van der Waals surface area (Å²) in [6.45, 7) is 0.942. The monoisotopic (exact) mass is 331 g/mol. The minimum absolute atomic E-state index is 0.0558. The summed E-state index contributed by atoms with van der Waals surface area (Å²) < 4.78 is 42.1. The van der Waals surface area contributed by atoms with Gasteiger partial charge in [-0.1, -0.05) is 0 Å². The first kappa shape index (κ1) is 12.4. The van der Waals surface area contributed by atoms with Gasteiger partial charge in [0.25, 0.3) is 0 Å². The zero-order chi connectivity index (χ0) is 11.6. The number of nitrogen functional groups attached to an aromatic ring is 1. The van der Waals surface area contributed by atoms with Crippen molar-refractivity contribution in [3.8, 4) is 5.75 Å². The van der Waals surface area contributed by atoms with Gasteiger partial charge in [-0.05, 0) is 47.7 Å². The maximum atomic E-state index is 12.2. The molecule has 1 aromatic rings. The highest BCUT2D eigenvalue weighted by atomic mass is 127. The summed E-state index contributed by atoms with van der Waals surface area (Å²) in [6.07, 6.45) is -6.24. The third-order valence-corrected chi connectivity index (χ3v) is 2.41. The fraction of sp³-hybridized carbons (Fsp3) is 0.333. The Morgan fingerprint density at radius 3 is 2.47 bits per heavy atom. The number of nitrogens with two attached hydrogens (primary N) is 1. The molecule has 1 rings (SSSR count). The van der Waals surface area contributed by atoms with Gasteiger partial charge in [0.05, 0.1) is 5.69 Å². The van der Waals surface area contributed by atoms with Crippen LogP contribution in [-0.2, 0) is 0 Å². The second-order valence-electron chi connectivity index (χ2n) is 2.98. The number of halogens is 4. The summed E-state index contributed by atoms with van der Waals surface area (Å²) in [6, 6.07) is 4.62. The fourth-order valence-corrected chi connectivity index (χ4v) is 1.40. The van der Waals surface area contributed by atoms with E-state index < -0.39 is 12.3 Å². The Kier molecular flexibility index (Phi) is 3.69. The summed E-state index contributed by atoms with van der Waals surface area (Å²) in [5.41, 5.74) is 5.72. The van der Waals surface area contributed by atoms with Crippen LogP contribution in [0.3, 0.4) is 0 Å².